The number of benzene rings is 1. The van der Waals surface area contributed by atoms with Crippen LogP contribution in [0.1, 0.15) is 43.2 Å². The van der Waals surface area contributed by atoms with Crippen molar-refractivity contribution in [2.45, 2.75) is 57.3 Å². The van der Waals surface area contributed by atoms with E-state index in [0.29, 0.717) is 25.1 Å². The maximum atomic E-state index is 12.4. The normalized spacial score (nSPS) is 27.4. The van der Waals surface area contributed by atoms with Crippen LogP contribution in [0.15, 0.2) is 24.3 Å². The average molecular weight is 302 g/mol. The molecule has 3 rings (SSSR count). The van der Waals surface area contributed by atoms with Crippen LogP contribution in [-0.4, -0.2) is 25.1 Å². The minimum atomic E-state index is -0.0114. The van der Waals surface area contributed by atoms with Crippen molar-refractivity contribution in [3.8, 4) is 0 Å². The van der Waals surface area contributed by atoms with E-state index in [1.807, 2.05) is 18.2 Å². The van der Waals surface area contributed by atoms with Crippen molar-refractivity contribution in [2.24, 2.45) is 5.92 Å². The molecule has 4 nitrogen and oxygen atoms in total. The van der Waals surface area contributed by atoms with Gasteiger partial charge in [-0.15, -0.1) is 0 Å². The molecule has 1 aromatic carbocycles. The maximum Gasteiger partial charge on any atom is 0.237 e. The summed E-state index contributed by atoms with van der Waals surface area (Å²) in [5.74, 6) is 0.840. The number of ether oxygens (including phenoxy) is 1. The Morgan fingerprint density at radius 3 is 2.82 bits per heavy atom. The molecule has 1 heterocycles. The quantitative estimate of drug-likeness (QED) is 0.878. The second-order valence-corrected chi connectivity index (χ2v) is 6.53. The zero-order valence-electron chi connectivity index (χ0n) is 13.3. The van der Waals surface area contributed by atoms with Crippen LogP contribution in [0, 0.1) is 5.92 Å². The SMILES string of the molecule is COCc1ccccc1CNC(=O)C1CC2CCCCC2N1. The van der Waals surface area contributed by atoms with Gasteiger partial charge in [0.2, 0.25) is 5.91 Å². The molecule has 0 radical (unpaired) electrons. The van der Waals surface area contributed by atoms with E-state index in [-0.39, 0.29) is 11.9 Å². The Kier molecular flexibility index (Phi) is 5.11. The van der Waals surface area contributed by atoms with E-state index in [9.17, 15) is 4.79 Å². The molecule has 4 heteroatoms. The van der Waals surface area contributed by atoms with E-state index < -0.39 is 0 Å². The summed E-state index contributed by atoms with van der Waals surface area (Å²) in [5, 5.41) is 6.62. The summed E-state index contributed by atoms with van der Waals surface area (Å²) >= 11 is 0. The summed E-state index contributed by atoms with van der Waals surface area (Å²) in [6, 6.07) is 8.66. The Labute approximate surface area is 132 Å². The Balaban J connectivity index is 1.54. The molecule has 22 heavy (non-hydrogen) atoms. The molecule has 2 N–H and O–H groups in total. The van der Waals surface area contributed by atoms with Gasteiger partial charge in [0.25, 0.3) is 0 Å². The molecular formula is C18H26N2O2. The number of nitrogens with one attached hydrogen (secondary N) is 2. The highest BCUT2D eigenvalue weighted by molar-refractivity contribution is 5.82. The van der Waals surface area contributed by atoms with Crippen LogP contribution in [0.2, 0.25) is 0 Å². The first-order chi connectivity index (χ1) is 10.8. The van der Waals surface area contributed by atoms with Crippen molar-refractivity contribution >= 4 is 5.91 Å². The standard InChI is InChI=1S/C18H26N2O2/c1-22-12-15-8-3-2-7-14(15)11-19-18(21)17-10-13-6-4-5-9-16(13)20-17/h2-3,7-8,13,16-17,20H,4-6,9-12H2,1H3,(H,19,21). The highest BCUT2D eigenvalue weighted by atomic mass is 16.5. The fourth-order valence-corrected chi connectivity index (χ4v) is 3.85. The number of amides is 1. The predicted molar refractivity (Wildman–Crippen MR) is 86.3 cm³/mol. The molecule has 3 unspecified atom stereocenters. The number of carbonyl (C=O) groups excluding carboxylic acids is 1. The number of rotatable bonds is 5. The first kappa shape index (κ1) is 15.5. The fourth-order valence-electron chi connectivity index (χ4n) is 3.85. The van der Waals surface area contributed by atoms with Crippen LogP contribution in [0.3, 0.4) is 0 Å². The van der Waals surface area contributed by atoms with E-state index in [0.717, 1.165) is 17.5 Å². The number of hydrogen-bond donors (Lipinski definition) is 2. The largest absolute Gasteiger partial charge is 0.380 e. The summed E-state index contributed by atoms with van der Waals surface area (Å²) in [5.41, 5.74) is 2.27. The molecule has 1 amide bonds. The molecule has 120 valence electrons. The van der Waals surface area contributed by atoms with Gasteiger partial charge in [0.1, 0.15) is 0 Å². The lowest BCUT2D eigenvalue weighted by Gasteiger charge is -2.24. The summed E-state index contributed by atoms with van der Waals surface area (Å²) in [4.78, 5) is 12.4. The van der Waals surface area contributed by atoms with Crippen molar-refractivity contribution in [1.29, 1.82) is 0 Å². The van der Waals surface area contributed by atoms with Gasteiger partial charge in [0.15, 0.2) is 0 Å². The number of carbonyl (C=O) groups is 1. The highest BCUT2D eigenvalue weighted by Crippen LogP contribution is 2.33. The van der Waals surface area contributed by atoms with Gasteiger partial charge in [0, 0.05) is 19.7 Å². The maximum absolute atomic E-state index is 12.4. The average Bonchev–Trinajstić information content (AvgIpc) is 2.98. The minimum Gasteiger partial charge on any atom is -0.380 e. The van der Waals surface area contributed by atoms with Crippen LogP contribution < -0.4 is 10.6 Å². The monoisotopic (exact) mass is 302 g/mol. The molecule has 1 aliphatic carbocycles. The van der Waals surface area contributed by atoms with Crippen LogP contribution in [0.25, 0.3) is 0 Å². The molecule has 3 atom stereocenters. The minimum absolute atomic E-state index is 0.0114. The molecule has 1 saturated carbocycles. The Hall–Kier alpha value is -1.39. The van der Waals surface area contributed by atoms with Crippen molar-refractivity contribution in [3.05, 3.63) is 35.4 Å². The summed E-state index contributed by atoms with van der Waals surface area (Å²) in [6.45, 7) is 1.16. The molecule has 1 saturated heterocycles. The zero-order valence-corrected chi connectivity index (χ0v) is 13.3. The van der Waals surface area contributed by atoms with Gasteiger partial charge < -0.3 is 15.4 Å². The second-order valence-electron chi connectivity index (χ2n) is 6.53. The van der Waals surface area contributed by atoms with Gasteiger partial charge in [-0.1, -0.05) is 37.1 Å². The smallest absolute Gasteiger partial charge is 0.237 e. The lowest BCUT2D eigenvalue weighted by Crippen LogP contribution is -2.43. The topological polar surface area (TPSA) is 50.4 Å². The van der Waals surface area contributed by atoms with Gasteiger partial charge in [-0.25, -0.2) is 0 Å². The van der Waals surface area contributed by atoms with Gasteiger partial charge in [-0.2, -0.15) is 0 Å². The first-order valence-electron chi connectivity index (χ1n) is 8.37. The molecule has 0 aromatic heterocycles. The van der Waals surface area contributed by atoms with Gasteiger partial charge >= 0.3 is 0 Å². The second kappa shape index (κ2) is 7.25. The lowest BCUT2D eigenvalue weighted by atomic mass is 9.85. The van der Waals surface area contributed by atoms with E-state index >= 15 is 0 Å². The van der Waals surface area contributed by atoms with Crippen molar-refractivity contribution < 1.29 is 9.53 Å². The van der Waals surface area contributed by atoms with E-state index in [4.69, 9.17) is 4.74 Å². The van der Waals surface area contributed by atoms with Crippen molar-refractivity contribution in [1.82, 2.24) is 10.6 Å². The molecular weight excluding hydrogens is 276 g/mol. The van der Waals surface area contributed by atoms with Crippen LogP contribution in [0.5, 0.6) is 0 Å². The van der Waals surface area contributed by atoms with E-state index in [2.05, 4.69) is 16.7 Å². The predicted octanol–water partition coefficient (Wildman–Crippen LogP) is 2.37. The molecule has 1 aliphatic heterocycles. The molecule has 2 fully saturated rings. The molecule has 2 aliphatic rings. The molecule has 0 bridgehead atoms. The van der Waals surface area contributed by atoms with E-state index in [1.54, 1.807) is 7.11 Å². The number of hydrogen-bond acceptors (Lipinski definition) is 3. The zero-order chi connectivity index (χ0) is 15.4. The molecule has 0 spiro atoms. The highest BCUT2D eigenvalue weighted by Gasteiger charge is 2.37. The van der Waals surface area contributed by atoms with Gasteiger partial charge in [-0.3, -0.25) is 4.79 Å². The third kappa shape index (κ3) is 3.50. The van der Waals surface area contributed by atoms with Gasteiger partial charge in [0.05, 0.1) is 12.6 Å². The van der Waals surface area contributed by atoms with Gasteiger partial charge in [-0.05, 0) is 36.3 Å². The molecule has 1 aromatic rings. The Morgan fingerprint density at radius 1 is 1.27 bits per heavy atom. The van der Waals surface area contributed by atoms with Crippen LogP contribution in [0.4, 0.5) is 0 Å². The first-order valence-corrected chi connectivity index (χ1v) is 8.37. The Bertz CT molecular complexity index is 504. The summed E-state index contributed by atoms with van der Waals surface area (Å²) < 4.78 is 5.21. The lowest BCUT2D eigenvalue weighted by molar-refractivity contribution is -0.123. The van der Waals surface area contributed by atoms with Crippen LogP contribution >= 0.6 is 0 Å². The Morgan fingerprint density at radius 2 is 2.05 bits per heavy atom. The van der Waals surface area contributed by atoms with Crippen molar-refractivity contribution in [2.75, 3.05) is 7.11 Å². The third-order valence-electron chi connectivity index (χ3n) is 5.05. The number of fused-ring (bicyclic) bond motifs is 1. The summed E-state index contributed by atoms with van der Waals surface area (Å²) in [7, 11) is 1.69. The van der Waals surface area contributed by atoms with Crippen molar-refractivity contribution in [3.63, 3.8) is 0 Å². The third-order valence-corrected chi connectivity index (χ3v) is 5.05. The fraction of sp³-hybridized carbons (Fsp3) is 0.611. The summed E-state index contributed by atoms with van der Waals surface area (Å²) in [6.07, 6.45) is 6.12. The van der Waals surface area contributed by atoms with E-state index in [1.165, 1.54) is 25.7 Å². The van der Waals surface area contributed by atoms with Crippen LogP contribution in [-0.2, 0) is 22.7 Å². The number of methoxy groups -OCH3 is 1.